The number of halogens is 1. The van der Waals surface area contributed by atoms with Crippen molar-refractivity contribution in [3.8, 4) is 0 Å². The van der Waals surface area contributed by atoms with Gasteiger partial charge in [-0.15, -0.1) is 11.6 Å². The van der Waals surface area contributed by atoms with E-state index in [9.17, 15) is 4.79 Å². The zero-order valence-corrected chi connectivity index (χ0v) is 12.7. The summed E-state index contributed by atoms with van der Waals surface area (Å²) >= 11 is 5.95. The summed E-state index contributed by atoms with van der Waals surface area (Å²) in [6, 6.07) is 7.76. The van der Waals surface area contributed by atoms with E-state index in [1.807, 2.05) is 38.1 Å². The minimum atomic E-state index is -0.497. The Kier molecular flexibility index (Phi) is 6.32. The highest BCUT2D eigenvalue weighted by Gasteiger charge is 2.19. The molecule has 1 amide bonds. The number of alkyl halides is 1. The van der Waals surface area contributed by atoms with Crippen molar-refractivity contribution in [2.24, 2.45) is 0 Å². The Morgan fingerprint density at radius 3 is 2.58 bits per heavy atom. The normalized spacial score (nSPS) is 15.6. The number of benzene rings is 1. The molecule has 0 aliphatic carbocycles. The highest BCUT2D eigenvalue weighted by atomic mass is 35.5. The number of hydrogen-bond donors (Lipinski definition) is 1. The standard InChI is InChI=1S/C15H22ClNO2/c1-5-13(16)15(18)17-14-9-7-6-8-12(14)10(2)11(3)19-4/h6-11,13H,5H2,1-4H3,(H,17,18). The summed E-state index contributed by atoms with van der Waals surface area (Å²) in [6.45, 7) is 5.98. The number of amides is 1. The molecular formula is C15H22ClNO2. The van der Waals surface area contributed by atoms with E-state index in [4.69, 9.17) is 16.3 Å². The number of hydrogen-bond acceptors (Lipinski definition) is 2. The maximum absolute atomic E-state index is 11.9. The summed E-state index contributed by atoms with van der Waals surface area (Å²) in [6.07, 6.45) is 0.690. The molecule has 0 spiro atoms. The topological polar surface area (TPSA) is 38.3 Å². The fourth-order valence-corrected chi connectivity index (χ4v) is 1.92. The van der Waals surface area contributed by atoms with Crippen LogP contribution in [0.5, 0.6) is 0 Å². The Morgan fingerprint density at radius 1 is 1.37 bits per heavy atom. The Bertz CT molecular complexity index is 422. The molecule has 106 valence electrons. The van der Waals surface area contributed by atoms with Crippen LogP contribution in [0, 0.1) is 0 Å². The van der Waals surface area contributed by atoms with E-state index in [1.54, 1.807) is 7.11 Å². The van der Waals surface area contributed by atoms with E-state index in [2.05, 4.69) is 12.2 Å². The van der Waals surface area contributed by atoms with Crippen molar-refractivity contribution in [1.29, 1.82) is 0 Å². The smallest absolute Gasteiger partial charge is 0.242 e. The van der Waals surface area contributed by atoms with Crippen LogP contribution in [0.25, 0.3) is 0 Å². The van der Waals surface area contributed by atoms with E-state index in [-0.39, 0.29) is 17.9 Å². The molecule has 0 heterocycles. The lowest BCUT2D eigenvalue weighted by Gasteiger charge is -2.22. The van der Waals surface area contributed by atoms with Gasteiger partial charge in [0.15, 0.2) is 0 Å². The van der Waals surface area contributed by atoms with Crippen molar-refractivity contribution < 1.29 is 9.53 Å². The summed E-state index contributed by atoms with van der Waals surface area (Å²) in [7, 11) is 1.69. The van der Waals surface area contributed by atoms with Gasteiger partial charge in [-0.2, -0.15) is 0 Å². The van der Waals surface area contributed by atoms with Crippen molar-refractivity contribution in [2.75, 3.05) is 12.4 Å². The van der Waals surface area contributed by atoms with Crippen LogP contribution in [0.3, 0.4) is 0 Å². The first kappa shape index (κ1) is 16.0. The molecular weight excluding hydrogens is 262 g/mol. The minimum Gasteiger partial charge on any atom is -0.381 e. The number of methoxy groups -OCH3 is 1. The summed E-state index contributed by atoms with van der Waals surface area (Å²) in [5.74, 6) is 0.0331. The van der Waals surface area contributed by atoms with Crippen LogP contribution >= 0.6 is 11.6 Å². The van der Waals surface area contributed by atoms with Gasteiger partial charge in [-0.05, 0) is 25.0 Å². The average Bonchev–Trinajstić information content (AvgIpc) is 2.45. The van der Waals surface area contributed by atoms with Crippen LogP contribution < -0.4 is 5.32 Å². The molecule has 0 aliphatic heterocycles. The van der Waals surface area contributed by atoms with Gasteiger partial charge in [0, 0.05) is 18.7 Å². The first-order chi connectivity index (χ1) is 9.01. The number of para-hydroxylation sites is 1. The number of ether oxygens (including phenoxy) is 1. The van der Waals surface area contributed by atoms with Gasteiger partial charge < -0.3 is 10.1 Å². The molecule has 1 N–H and O–H groups in total. The van der Waals surface area contributed by atoms with Crippen LogP contribution in [0.15, 0.2) is 24.3 Å². The number of anilines is 1. The molecule has 19 heavy (non-hydrogen) atoms. The zero-order valence-electron chi connectivity index (χ0n) is 11.9. The van der Waals surface area contributed by atoms with Gasteiger partial charge in [0.1, 0.15) is 5.38 Å². The Labute approximate surface area is 120 Å². The monoisotopic (exact) mass is 283 g/mol. The lowest BCUT2D eigenvalue weighted by molar-refractivity contribution is -0.115. The second kappa shape index (κ2) is 7.51. The summed E-state index contributed by atoms with van der Waals surface area (Å²) in [5.41, 5.74) is 1.87. The molecule has 0 saturated carbocycles. The van der Waals surface area contributed by atoms with Crippen molar-refractivity contribution >= 4 is 23.2 Å². The average molecular weight is 284 g/mol. The Balaban J connectivity index is 2.93. The van der Waals surface area contributed by atoms with Crippen molar-refractivity contribution in [1.82, 2.24) is 0 Å². The van der Waals surface area contributed by atoms with Crippen LogP contribution in [-0.4, -0.2) is 24.5 Å². The molecule has 1 aromatic carbocycles. The van der Waals surface area contributed by atoms with Gasteiger partial charge in [-0.1, -0.05) is 32.0 Å². The zero-order chi connectivity index (χ0) is 14.4. The van der Waals surface area contributed by atoms with E-state index in [0.717, 1.165) is 11.3 Å². The molecule has 3 nitrogen and oxygen atoms in total. The van der Waals surface area contributed by atoms with Gasteiger partial charge in [0.25, 0.3) is 0 Å². The maximum Gasteiger partial charge on any atom is 0.242 e. The molecule has 0 saturated heterocycles. The van der Waals surface area contributed by atoms with Gasteiger partial charge in [-0.3, -0.25) is 4.79 Å². The maximum atomic E-state index is 11.9. The van der Waals surface area contributed by atoms with Crippen LogP contribution in [0.1, 0.15) is 38.7 Å². The number of nitrogens with one attached hydrogen (secondary N) is 1. The largest absolute Gasteiger partial charge is 0.381 e. The number of carbonyl (C=O) groups is 1. The third-order valence-corrected chi connectivity index (χ3v) is 3.93. The summed E-state index contributed by atoms with van der Waals surface area (Å²) in [5, 5.41) is 2.40. The lowest BCUT2D eigenvalue weighted by Crippen LogP contribution is -2.24. The van der Waals surface area contributed by atoms with Crippen LogP contribution in [0.2, 0.25) is 0 Å². The van der Waals surface area contributed by atoms with E-state index >= 15 is 0 Å². The molecule has 4 heteroatoms. The molecule has 3 unspecified atom stereocenters. The first-order valence-electron chi connectivity index (χ1n) is 6.57. The quantitative estimate of drug-likeness (QED) is 0.807. The van der Waals surface area contributed by atoms with Gasteiger partial charge in [-0.25, -0.2) is 0 Å². The van der Waals surface area contributed by atoms with Crippen molar-refractivity contribution in [3.05, 3.63) is 29.8 Å². The molecule has 1 aromatic rings. The fraction of sp³-hybridized carbons (Fsp3) is 0.533. The van der Waals surface area contributed by atoms with E-state index in [1.165, 1.54) is 0 Å². The fourth-order valence-electron chi connectivity index (χ4n) is 1.86. The molecule has 1 rings (SSSR count). The molecule has 0 aromatic heterocycles. The lowest BCUT2D eigenvalue weighted by atomic mass is 9.94. The molecule has 3 atom stereocenters. The first-order valence-corrected chi connectivity index (χ1v) is 7.01. The molecule has 0 fully saturated rings. The second-order valence-electron chi connectivity index (χ2n) is 4.68. The molecule has 0 radical (unpaired) electrons. The highest BCUT2D eigenvalue weighted by molar-refractivity contribution is 6.32. The van der Waals surface area contributed by atoms with E-state index < -0.39 is 5.38 Å². The van der Waals surface area contributed by atoms with Crippen molar-refractivity contribution in [2.45, 2.75) is 44.6 Å². The van der Waals surface area contributed by atoms with Crippen LogP contribution in [-0.2, 0) is 9.53 Å². The number of carbonyl (C=O) groups excluding carboxylic acids is 1. The summed E-state index contributed by atoms with van der Waals surface area (Å²) in [4.78, 5) is 11.9. The van der Waals surface area contributed by atoms with Gasteiger partial charge >= 0.3 is 0 Å². The SMILES string of the molecule is CCC(Cl)C(=O)Nc1ccccc1C(C)C(C)OC. The number of rotatable bonds is 6. The minimum absolute atomic E-state index is 0.0797. The molecule has 0 aliphatic rings. The van der Waals surface area contributed by atoms with Gasteiger partial charge in [0.2, 0.25) is 5.91 Å². The van der Waals surface area contributed by atoms with Crippen LogP contribution in [0.4, 0.5) is 5.69 Å². The van der Waals surface area contributed by atoms with Crippen molar-refractivity contribution in [3.63, 3.8) is 0 Å². The highest BCUT2D eigenvalue weighted by Crippen LogP contribution is 2.28. The predicted molar refractivity (Wildman–Crippen MR) is 79.9 cm³/mol. The third kappa shape index (κ3) is 4.22. The third-order valence-electron chi connectivity index (χ3n) is 3.43. The Hall–Kier alpha value is -1.06. The van der Waals surface area contributed by atoms with E-state index in [0.29, 0.717) is 6.42 Å². The van der Waals surface area contributed by atoms with Gasteiger partial charge in [0.05, 0.1) is 6.10 Å². The Morgan fingerprint density at radius 2 is 2.00 bits per heavy atom. The second-order valence-corrected chi connectivity index (χ2v) is 5.21. The predicted octanol–water partition coefficient (Wildman–Crippen LogP) is 3.78. The summed E-state index contributed by atoms with van der Waals surface area (Å²) < 4.78 is 5.36. The molecule has 0 bridgehead atoms.